The van der Waals surface area contributed by atoms with Crippen molar-refractivity contribution in [3.8, 4) is 0 Å². The molecule has 86 valence electrons. The van der Waals surface area contributed by atoms with Crippen LogP contribution in [0.15, 0.2) is 18.3 Å². The molecule has 0 aromatic carbocycles. The largest absolute Gasteiger partial charge is 0.389 e. The van der Waals surface area contributed by atoms with Gasteiger partial charge in [-0.05, 0) is 24.6 Å². The minimum Gasteiger partial charge on any atom is -0.389 e. The van der Waals surface area contributed by atoms with Gasteiger partial charge in [0.25, 0.3) is 0 Å². The second-order valence-electron chi connectivity index (χ2n) is 3.89. The van der Waals surface area contributed by atoms with E-state index in [4.69, 9.17) is 0 Å². The van der Waals surface area contributed by atoms with Crippen molar-refractivity contribution in [3.63, 3.8) is 0 Å². The van der Waals surface area contributed by atoms with Gasteiger partial charge in [0.05, 0.1) is 12.6 Å². The highest BCUT2D eigenvalue weighted by Crippen LogP contribution is 2.18. The standard InChI is InChI=1S/C11H15N3O2/c1-8(15)9-2-3-12-10(6-9)14-5-4-13-11(16)7-14/h2-3,6,8,15H,4-5,7H2,1H3,(H,13,16). The third kappa shape index (κ3) is 2.30. The predicted molar refractivity (Wildman–Crippen MR) is 60.1 cm³/mol. The minimum atomic E-state index is -0.514. The highest BCUT2D eigenvalue weighted by molar-refractivity contribution is 5.82. The van der Waals surface area contributed by atoms with Crippen LogP contribution in [-0.2, 0) is 4.79 Å². The predicted octanol–water partition coefficient (Wildman–Crippen LogP) is 0.0711. The van der Waals surface area contributed by atoms with E-state index in [1.54, 1.807) is 19.2 Å². The normalized spacial score (nSPS) is 18.1. The molecule has 1 aromatic heterocycles. The lowest BCUT2D eigenvalue weighted by atomic mass is 10.1. The number of aliphatic hydroxyl groups is 1. The average Bonchev–Trinajstić information content (AvgIpc) is 2.29. The summed E-state index contributed by atoms with van der Waals surface area (Å²) in [7, 11) is 0. The molecule has 0 radical (unpaired) electrons. The molecule has 2 rings (SSSR count). The van der Waals surface area contributed by atoms with Crippen LogP contribution >= 0.6 is 0 Å². The second kappa shape index (κ2) is 4.49. The van der Waals surface area contributed by atoms with E-state index < -0.39 is 6.10 Å². The molecule has 0 saturated carbocycles. The topological polar surface area (TPSA) is 65.5 Å². The number of aliphatic hydroxyl groups excluding tert-OH is 1. The summed E-state index contributed by atoms with van der Waals surface area (Å²) in [6.07, 6.45) is 1.14. The SMILES string of the molecule is CC(O)c1ccnc(N2CCNC(=O)C2)c1. The third-order valence-corrected chi connectivity index (χ3v) is 2.61. The molecule has 5 nitrogen and oxygen atoms in total. The lowest BCUT2D eigenvalue weighted by molar-refractivity contribution is -0.120. The lowest BCUT2D eigenvalue weighted by Crippen LogP contribution is -2.48. The number of nitrogens with zero attached hydrogens (tertiary/aromatic N) is 2. The fourth-order valence-corrected chi connectivity index (χ4v) is 1.70. The van der Waals surface area contributed by atoms with E-state index in [2.05, 4.69) is 10.3 Å². The van der Waals surface area contributed by atoms with Crippen molar-refractivity contribution in [1.29, 1.82) is 0 Å². The third-order valence-electron chi connectivity index (χ3n) is 2.61. The Kier molecular flexibility index (Phi) is 3.05. The zero-order valence-corrected chi connectivity index (χ0v) is 9.18. The molecule has 1 saturated heterocycles. The Morgan fingerprint density at radius 1 is 1.62 bits per heavy atom. The molecule has 1 amide bonds. The number of hydrogen-bond donors (Lipinski definition) is 2. The summed E-state index contributed by atoms with van der Waals surface area (Å²) in [6.45, 7) is 3.43. The molecule has 0 spiro atoms. The fraction of sp³-hybridized carbons (Fsp3) is 0.455. The number of rotatable bonds is 2. The van der Waals surface area contributed by atoms with Crippen molar-refractivity contribution in [3.05, 3.63) is 23.9 Å². The van der Waals surface area contributed by atoms with Crippen LogP contribution in [0.3, 0.4) is 0 Å². The number of aromatic nitrogens is 1. The number of nitrogens with one attached hydrogen (secondary N) is 1. The molecule has 5 heteroatoms. The van der Waals surface area contributed by atoms with Gasteiger partial charge in [-0.25, -0.2) is 4.98 Å². The second-order valence-corrected chi connectivity index (χ2v) is 3.89. The van der Waals surface area contributed by atoms with E-state index in [0.29, 0.717) is 13.1 Å². The van der Waals surface area contributed by atoms with Crippen molar-refractivity contribution < 1.29 is 9.90 Å². The van der Waals surface area contributed by atoms with Gasteiger partial charge in [0.1, 0.15) is 5.82 Å². The van der Waals surface area contributed by atoms with Crippen LogP contribution < -0.4 is 10.2 Å². The summed E-state index contributed by atoms with van der Waals surface area (Å²) in [5.74, 6) is 0.753. The first-order valence-electron chi connectivity index (χ1n) is 5.32. The van der Waals surface area contributed by atoms with E-state index in [1.807, 2.05) is 11.0 Å². The van der Waals surface area contributed by atoms with E-state index >= 15 is 0 Å². The number of piperazine rings is 1. The molecule has 1 aliphatic rings. The van der Waals surface area contributed by atoms with Gasteiger partial charge in [-0.15, -0.1) is 0 Å². The van der Waals surface area contributed by atoms with Crippen LogP contribution in [0.5, 0.6) is 0 Å². The van der Waals surface area contributed by atoms with E-state index in [0.717, 1.165) is 17.9 Å². The Morgan fingerprint density at radius 2 is 2.44 bits per heavy atom. The van der Waals surface area contributed by atoms with Gasteiger partial charge in [0.2, 0.25) is 5.91 Å². The van der Waals surface area contributed by atoms with E-state index in [1.165, 1.54) is 0 Å². The maximum absolute atomic E-state index is 11.2. The van der Waals surface area contributed by atoms with Crippen LogP contribution in [0.25, 0.3) is 0 Å². The molecule has 1 aliphatic heterocycles. The minimum absolute atomic E-state index is 0.00972. The molecular formula is C11H15N3O2. The number of pyridine rings is 1. The summed E-state index contributed by atoms with van der Waals surface area (Å²) >= 11 is 0. The summed E-state index contributed by atoms with van der Waals surface area (Å²) in [5, 5.41) is 12.2. The number of amides is 1. The molecule has 0 aliphatic carbocycles. The summed E-state index contributed by atoms with van der Waals surface area (Å²) < 4.78 is 0. The highest BCUT2D eigenvalue weighted by atomic mass is 16.3. The lowest BCUT2D eigenvalue weighted by Gasteiger charge is -2.27. The molecule has 1 fully saturated rings. The van der Waals surface area contributed by atoms with Gasteiger partial charge < -0.3 is 15.3 Å². The Bertz CT molecular complexity index is 393. The number of hydrogen-bond acceptors (Lipinski definition) is 4. The molecule has 16 heavy (non-hydrogen) atoms. The maximum Gasteiger partial charge on any atom is 0.239 e. The van der Waals surface area contributed by atoms with Crippen molar-refractivity contribution in [2.75, 3.05) is 24.5 Å². The Labute approximate surface area is 94.1 Å². The van der Waals surface area contributed by atoms with Crippen molar-refractivity contribution in [2.24, 2.45) is 0 Å². The van der Waals surface area contributed by atoms with E-state index in [-0.39, 0.29) is 5.91 Å². The van der Waals surface area contributed by atoms with Crippen molar-refractivity contribution in [2.45, 2.75) is 13.0 Å². The summed E-state index contributed by atoms with van der Waals surface area (Å²) in [6, 6.07) is 3.60. The van der Waals surface area contributed by atoms with Gasteiger partial charge in [0.15, 0.2) is 0 Å². The first-order chi connectivity index (χ1) is 7.66. The van der Waals surface area contributed by atoms with Crippen molar-refractivity contribution >= 4 is 11.7 Å². The summed E-state index contributed by atoms with van der Waals surface area (Å²) in [4.78, 5) is 17.4. The molecule has 1 unspecified atom stereocenters. The first-order valence-corrected chi connectivity index (χ1v) is 5.32. The smallest absolute Gasteiger partial charge is 0.239 e. The number of anilines is 1. The maximum atomic E-state index is 11.2. The van der Waals surface area contributed by atoms with Gasteiger partial charge in [-0.1, -0.05) is 0 Å². The van der Waals surface area contributed by atoms with E-state index in [9.17, 15) is 9.90 Å². The monoisotopic (exact) mass is 221 g/mol. The molecule has 2 N–H and O–H groups in total. The van der Waals surface area contributed by atoms with Gasteiger partial charge in [-0.3, -0.25) is 4.79 Å². The average molecular weight is 221 g/mol. The first kappa shape index (κ1) is 10.9. The quantitative estimate of drug-likeness (QED) is 0.741. The molecule has 0 bridgehead atoms. The molecule has 2 heterocycles. The Morgan fingerprint density at radius 3 is 3.12 bits per heavy atom. The highest BCUT2D eigenvalue weighted by Gasteiger charge is 2.17. The molecular weight excluding hydrogens is 206 g/mol. The Hall–Kier alpha value is -1.62. The van der Waals surface area contributed by atoms with Gasteiger partial charge in [-0.2, -0.15) is 0 Å². The zero-order chi connectivity index (χ0) is 11.5. The van der Waals surface area contributed by atoms with Crippen molar-refractivity contribution in [1.82, 2.24) is 10.3 Å². The van der Waals surface area contributed by atoms with Crippen LogP contribution in [0.4, 0.5) is 5.82 Å². The van der Waals surface area contributed by atoms with Crippen LogP contribution in [-0.4, -0.2) is 35.6 Å². The van der Waals surface area contributed by atoms with Crippen LogP contribution in [0.1, 0.15) is 18.6 Å². The zero-order valence-electron chi connectivity index (χ0n) is 9.18. The number of carbonyl (C=O) groups is 1. The van der Waals surface area contributed by atoms with Crippen LogP contribution in [0, 0.1) is 0 Å². The molecule has 1 atom stereocenters. The fourth-order valence-electron chi connectivity index (χ4n) is 1.70. The number of carbonyl (C=O) groups excluding carboxylic acids is 1. The van der Waals surface area contributed by atoms with Gasteiger partial charge >= 0.3 is 0 Å². The van der Waals surface area contributed by atoms with Crippen LogP contribution in [0.2, 0.25) is 0 Å². The Balaban J connectivity index is 2.19. The summed E-state index contributed by atoms with van der Waals surface area (Å²) in [5.41, 5.74) is 0.816. The van der Waals surface area contributed by atoms with Gasteiger partial charge in [0, 0.05) is 19.3 Å². The molecule has 1 aromatic rings.